The number of nitrogens with one attached hydrogen (secondary N) is 1. The Hall–Kier alpha value is -1.92. The van der Waals surface area contributed by atoms with Crippen LogP contribution < -0.4 is 10.2 Å². The molecule has 0 aromatic carbocycles. The van der Waals surface area contributed by atoms with E-state index in [4.69, 9.17) is 4.74 Å². The van der Waals surface area contributed by atoms with Crippen molar-refractivity contribution in [2.45, 2.75) is 38.9 Å². The molecule has 0 saturated carbocycles. The number of thiophene rings is 1. The Balaban J connectivity index is 1.53. The molecule has 2 unspecified atom stereocenters. The average molecular weight is 345 g/mol. The Labute approximate surface area is 146 Å². The largest absolute Gasteiger partial charge is 0.372 e. The summed E-state index contributed by atoms with van der Waals surface area (Å²) in [6.07, 6.45) is 3.39. The number of amides is 1. The molecule has 6 heteroatoms. The molecule has 3 rings (SSSR count). The zero-order valence-corrected chi connectivity index (χ0v) is 14.9. The number of carbonyl (C=O) groups excluding carboxylic acids is 1. The summed E-state index contributed by atoms with van der Waals surface area (Å²) in [5.41, 5.74) is 0.740. The van der Waals surface area contributed by atoms with Gasteiger partial charge in [0, 0.05) is 24.4 Å². The van der Waals surface area contributed by atoms with Gasteiger partial charge in [-0.2, -0.15) is 0 Å². The van der Waals surface area contributed by atoms with Gasteiger partial charge in [0.15, 0.2) is 0 Å². The highest BCUT2D eigenvalue weighted by Gasteiger charge is 2.23. The smallest absolute Gasteiger partial charge is 0.224 e. The minimum absolute atomic E-state index is 0.0200. The molecule has 24 heavy (non-hydrogen) atoms. The molecular weight excluding hydrogens is 322 g/mol. The van der Waals surface area contributed by atoms with E-state index in [1.807, 2.05) is 23.6 Å². The van der Waals surface area contributed by atoms with Gasteiger partial charge in [0.25, 0.3) is 0 Å². The summed E-state index contributed by atoms with van der Waals surface area (Å²) in [6.45, 7) is 5.82. The van der Waals surface area contributed by atoms with Gasteiger partial charge in [-0.05, 0) is 43.8 Å². The summed E-state index contributed by atoms with van der Waals surface area (Å²) in [4.78, 5) is 20.0. The Morgan fingerprint density at radius 3 is 2.75 bits per heavy atom. The monoisotopic (exact) mass is 345 g/mol. The number of hydrogen-bond acceptors (Lipinski definition) is 5. The van der Waals surface area contributed by atoms with Gasteiger partial charge in [0.1, 0.15) is 5.82 Å². The quantitative estimate of drug-likeness (QED) is 0.903. The van der Waals surface area contributed by atoms with Crippen molar-refractivity contribution in [2.75, 3.05) is 23.3 Å². The van der Waals surface area contributed by atoms with Gasteiger partial charge in [0.2, 0.25) is 5.91 Å². The molecule has 2 aromatic rings. The minimum Gasteiger partial charge on any atom is -0.372 e. The molecule has 1 N–H and O–H groups in total. The van der Waals surface area contributed by atoms with Crippen molar-refractivity contribution in [3.05, 3.63) is 40.7 Å². The number of aryl methyl sites for hydroxylation is 1. The summed E-state index contributed by atoms with van der Waals surface area (Å²) >= 11 is 1.68. The molecule has 1 aliphatic rings. The predicted molar refractivity (Wildman–Crippen MR) is 97.7 cm³/mol. The third-order valence-electron chi connectivity index (χ3n) is 3.95. The van der Waals surface area contributed by atoms with Crippen molar-refractivity contribution in [1.82, 2.24) is 4.98 Å². The highest BCUT2D eigenvalue weighted by Crippen LogP contribution is 2.20. The van der Waals surface area contributed by atoms with E-state index in [0.717, 1.165) is 31.0 Å². The second-order valence-electron chi connectivity index (χ2n) is 6.19. The molecule has 3 heterocycles. The fourth-order valence-electron chi connectivity index (χ4n) is 2.93. The molecule has 2 atom stereocenters. The zero-order chi connectivity index (χ0) is 16.9. The molecule has 0 aliphatic carbocycles. The van der Waals surface area contributed by atoms with E-state index in [2.05, 4.69) is 35.1 Å². The van der Waals surface area contributed by atoms with Gasteiger partial charge in [-0.15, -0.1) is 11.3 Å². The third kappa shape index (κ3) is 4.55. The van der Waals surface area contributed by atoms with Gasteiger partial charge in [-0.1, -0.05) is 6.07 Å². The fourth-order valence-corrected chi connectivity index (χ4v) is 3.64. The first-order chi connectivity index (χ1) is 11.6. The van der Waals surface area contributed by atoms with Crippen LogP contribution in [0.3, 0.4) is 0 Å². The van der Waals surface area contributed by atoms with Crippen LogP contribution in [0, 0.1) is 0 Å². The number of pyridine rings is 1. The molecule has 0 bridgehead atoms. The first kappa shape index (κ1) is 16.9. The Bertz CT molecular complexity index is 647. The van der Waals surface area contributed by atoms with Crippen LogP contribution in [0.2, 0.25) is 0 Å². The lowest BCUT2D eigenvalue weighted by Gasteiger charge is -2.36. The van der Waals surface area contributed by atoms with Gasteiger partial charge in [-0.3, -0.25) is 4.79 Å². The summed E-state index contributed by atoms with van der Waals surface area (Å²) in [5, 5.41) is 4.94. The number of ether oxygens (including phenoxy) is 1. The molecule has 0 spiro atoms. The van der Waals surface area contributed by atoms with E-state index in [-0.39, 0.29) is 18.1 Å². The molecule has 1 aliphatic heterocycles. The SMILES string of the molecule is CC1CN(c2ccc(NC(=O)CCc3cccs3)cn2)CC(C)O1. The molecule has 1 amide bonds. The molecule has 128 valence electrons. The van der Waals surface area contributed by atoms with Crippen LogP contribution in [0.15, 0.2) is 35.8 Å². The van der Waals surface area contributed by atoms with Gasteiger partial charge >= 0.3 is 0 Å². The fraction of sp³-hybridized carbons (Fsp3) is 0.444. The second-order valence-corrected chi connectivity index (χ2v) is 7.23. The molecular formula is C18H23N3O2S. The predicted octanol–water partition coefficient (Wildman–Crippen LogP) is 3.33. The number of nitrogens with zero attached hydrogens (tertiary/aromatic N) is 2. The summed E-state index contributed by atoms with van der Waals surface area (Å²) in [7, 11) is 0. The maximum absolute atomic E-state index is 12.0. The Kier molecular flexibility index (Phi) is 5.48. The maximum atomic E-state index is 12.0. The van der Waals surface area contributed by atoms with Crippen molar-refractivity contribution in [1.29, 1.82) is 0 Å². The molecule has 1 fully saturated rings. The van der Waals surface area contributed by atoms with E-state index in [1.54, 1.807) is 17.5 Å². The van der Waals surface area contributed by atoms with Crippen molar-refractivity contribution >= 4 is 28.7 Å². The van der Waals surface area contributed by atoms with E-state index in [0.29, 0.717) is 6.42 Å². The van der Waals surface area contributed by atoms with Crippen LogP contribution in [-0.2, 0) is 16.0 Å². The van der Waals surface area contributed by atoms with Gasteiger partial charge in [-0.25, -0.2) is 4.98 Å². The third-order valence-corrected chi connectivity index (χ3v) is 4.89. The number of aromatic nitrogens is 1. The minimum atomic E-state index is 0.0200. The van der Waals surface area contributed by atoms with E-state index >= 15 is 0 Å². The summed E-state index contributed by atoms with van der Waals surface area (Å²) in [5.74, 6) is 0.945. The Morgan fingerprint density at radius 2 is 2.12 bits per heavy atom. The molecule has 0 radical (unpaired) electrons. The van der Waals surface area contributed by atoms with Crippen LogP contribution in [0.1, 0.15) is 25.1 Å². The van der Waals surface area contributed by atoms with Crippen molar-refractivity contribution in [3.63, 3.8) is 0 Å². The number of anilines is 2. The second kappa shape index (κ2) is 7.77. The number of carbonyl (C=O) groups is 1. The molecule has 5 nitrogen and oxygen atoms in total. The lowest BCUT2D eigenvalue weighted by molar-refractivity contribution is -0.116. The number of hydrogen-bond donors (Lipinski definition) is 1. The van der Waals surface area contributed by atoms with Gasteiger partial charge in [0.05, 0.1) is 24.1 Å². The first-order valence-corrected chi connectivity index (χ1v) is 9.17. The van der Waals surface area contributed by atoms with Crippen LogP contribution >= 0.6 is 11.3 Å². The van der Waals surface area contributed by atoms with E-state index in [1.165, 1.54) is 4.88 Å². The van der Waals surface area contributed by atoms with Crippen LogP contribution in [0.25, 0.3) is 0 Å². The average Bonchev–Trinajstić information content (AvgIpc) is 3.06. The van der Waals surface area contributed by atoms with E-state index < -0.39 is 0 Å². The number of rotatable bonds is 5. The van der Waals surface area contributed by atoms with Crippen molar-refractivity contribution < 1.29 is 9.53 Å². The maximum Gasteiger partial charge on any atom is 0.224 e. The number of morpholine rings is 1. The zero-order valence-electron chi connectivity index (χ0n) is 14.1. The lowest BCUT2D eigenvalue weighted by atomic mass is 10.2. The van der Waals surface area contributed by atoms with Crippen LogP contribution in [-0.4, -0.2) is 36.2 Å². The van der Waals surface area contributed by atoms with Crippen molar-refractivity contribution in [3.8, 4) is 0 Å². The summed E-state index contributed by atoms with van der Waals surface area (Å²) in [6, 6.07) is 7.93. The van der Waals surface area contributed by atoms with Gasteiger partial charge < -0.3 is 15.0 Å². The van der Waals surface area contributed by atoms with Crippen LogP contribution in [0.4, 0.5) is 11.5 Å². The normalized spacial score (nSPS) is 20.8. The molecule has 1 saturated heterocycles. The highest BCUT2D eigenvalue weighted by molar-refractivity contribution is 7.09. The standard InChI is InChI=1S/C18H23N3O2S/c1-13-11-21(12-14(2)23-13)17-7-5-15(10-19-17)20-18(22)8-6-16-4-3-9-24-16/h3-5,7,9-10,13-14H,6,8,11-12H2,1-2H3,(H,20,22). The van der Waals surface area contributed by atoms with Crippen LogP contribution in [0.5, 0.6) is 0 Å². The van der Waals surface area contributed by atoms with E-state index in [9.17, 15) is 4.79 Å². The summed E-state index contributed by atoms with van der Waals surface area (Å²) < 4.78 is 5.75. The van der Waals surface area contributed by atoms with Crippen molar-refractivity contribution in [2.24, 2.45) is 0 Å². The topological polar surface area (TPSA) is 54.5 Å². The Morgan fingerprint density at radius 1 is 1.33 bits per heavy atom. The highest BCUT2D eigenvalue weighted by atomic mass is 32.1. The first-order valence-electron chi connectivity index (χ1n) is 8.29. The molecule has 2 aromatic heterocycles. The lowest BCUT2D eigenvalue weighted by Crippen LogP contribution is -2.45.